The summed E-state index contributed by atoms with van der Waals surface area (Å²) in [4.78, 5) is 0. The fraction of sp³-hybridized carbons (Fsp3) is 0. The van der Waals surface area contributed by atoms with E-state index < -0.39 is 0 Å². The van der Waals surface area contributed by atoms with Crippen LogP contribution in [0.1, 0.15) is 4.11 Å². The summed E-state index contributed by atoms with van der Waals surface area (Å²) in [6, 6.07) is 56.1. The molecule has 1 heterocycles. The first-order chi connectivity index (χ1) is 25.5. The van der Waals surface area contributed by atoms with Gasteiger partial charge in [0, 0.05) is 10.8 Å². The molecule has 9 aromatic carbocycles. The van der Waals surface area contributed by atoms with Crippen molar-refractivity contribution >= 4 is 54.3 Å². The highest BCUT2D eigenvalue weighted by Crippen LogP contribution is 2.44. The van der Waals surface area contributed by atoms with Gasteiger partial charge in [-0.3, -0.25) is 0 Å². The Kier molecular flexibility index (Phi) is 5.58. The lowest BCUT2D eigenvalue weighted by Gasteiger charge is -2.18. The van der Waals surface area contributed by atoms with Gasteiger partial charge in [-0.15, -0.1) is 0 Å². The summed E-state index contributed by atoms with van der Waals surface area (Å²) in [7, 11) is 0. The molecule has 0 amide bonds. The fourth-order valence-corrected chi connectivity index (χ4v) is 7.47. The Balaban J connectivity index is 1.15. The van der Waals surface area contributed by atoms with Crippen LogP contribution in [0.25, 0.3) is 98.8 Å². The number of furan rings is 1. The second-order valence-electron chi connectivity index (χ2n) is 12.6. The zero-order valence-corrected chi connectivity index (χ0v) is 26.5. The van der Waals surface area contributed by atoms with Crippen LogP contribution >= 0.6 is 0 Å². The van der Waals surface area contributed by atoms with Crippen LogP contribution in [0.4, 0.5) is 0 Å². The molecule has 0 saturated heterocycles. The smallest absolute Gasteiger partial charge is 0.136 e. The third-order valence-electron chi connectivity index (χ3n) is 9.78. The van der Waals surface area contributed by atoms with E-state index in [1.165, 1.54) is 10.8 Å². The largest absolute Gasteiger partial charge is 0.456 e. The molecule has 0 radical (unpaired) electrons. The summed E-state index contributed by atoms with van der Waals surface area (Å²) < 4.78 is 34.3. The van der Waals surface area contributed by atoms with Gasteiger partial charge in [0.15, 0.2) is 0 Å². The number of benzene rings is 9. The van der Waals surface area contributed by atoms with Gasteiger partial charge in [0.1, 0.15) is 11.2 Å². The Hall–Kier alpha value is -6.44. The van der Waals surface area contributed by atoms with E-state index in [2.05, 4.69) is 109 Å². The predicted octanol–water partition coefficient (Wildman–Crippen LogP) is 13.7. The molecule has 0 aliphatic carbocycles. The monoisotopic (exact) mass is 625 g/mol. The molecule has 10 rings (SSSR count). The standard InChI is InChI=1S/C48H30O/c1-2-12-32(13-3-1)47-40-17-6-8-19-42(40)48(43-20-9-7-18-41(43)47)38-16-10-15-34(28-38)37-23-25-39-44-29-36(24-26-45(44)49-46(39)30-37)35-22-21-31-11-4-5-14-33(31)27-35/h1-30H/i10D,16D,28D. The van der Waals surface area contributed by atoms with Gasteiger partial charge in [-0.25, -0.2) is 0 Å². The van der Waals surface area contributed by atoms with Crippen LogP contribution in [0.2, 0.25) is 0 Å². The van der Waals surface area contributed by atoms with E-state index in [0.29, 0.717) is 16.7 Å². The maximum atomic E-state index is 9.69. The van der Waals surface area contributed by atoms with E-state index in [9.17, 15) is 2.74 Å². The van der Waals surface area contributed by atoms with Crippen LogP contribution in [0.3, 0.4) is 0 Å². The number of hydrogen-bond donors (Lipinski definition) is 0. The lowest BCUT2D eigenvalue weighted by Crippen LogP contribution is -1.91. The van der Waals surface area contributed by atoms with Gasteiger partial charge in [-0.1, -0.05) is 146 Å². The third kappa shape index (κ3) is 4.55. The van der Waals surface area contributed by atoms with E-state index in [-0.39, 0.29) is 18.1 Å². The van der Waals surface area contributed by atoms with Gasteiger partial charge < -0.3 is 4.42 Å². The van der Waals surface area contributed by atoms with E-state index >= 15 is 0 Å². The van der Waals surface area contributed by atoms with Crippen LogP contribution in [0.5, 0.6) is 0 Å². The third-order valence-corrected chi connectivity index (χ3v) is 9.78. The van der Waals surface area contributed by atoms with Gasteiger partial charge >= 0.3 is 0 Å². The molecular weight excluding hydrogens is 593 g/mol. The van der Waals surface area contributed by atoms with Crippen molar-refractivity contribution in [1.29, 1.82) is 0 Å². The molecule has 0 unspecified atom stereocenters. The zero-order chi connectivity index (χ0) is 34.9. The molecule has 0 aliphatic heterocycles. The van der Waals surface area contributed by atoms with Gasteiger partial charge in [0.2, 0.25) is 0 Å². The van der Waals surface area contributed by atoms with Crippen LogP contribution < -0.4 is 0 Å². The summed E-state index contributed by atoms with van der Waals surface area (Å²) in [6.07, 6.45) is 0. The number of fused-ring (bicyclic) bond motifs is 6. The van der Waals surface area contributed by atoms with E-state index in [1.807, 2.05) is 48.5 Å². The summed E-state index contributed by atoms with van der Waals surface area (Å²) in [5.74, 6) is 0. The molecule has 0 fully saturated rings. The van der Waals surface area contributed by atoms with E-state index in [1.54, 1.807) is 6.07 Å². The highest BCUT2D eigenvalue weighted by Gasteiger charge is 2.17. The Bertz CT molecular complexity index is 2990. The van der Waals surface area contributed by atoms with Gasteiger partial charge in [-0.05, 0) is 113 Å². The van der Waals surface area contributed by atoms with Crippen molar-refractivity contribution in [3.8, 4) is 44.5 Å². The van der Waals surface area contributed by atoms with Crippen molar-refractivity contribution in [2.45, 2.75) is 0 Å². The maximum Gasteiger partial charge on any atom is 0.136 e. The molecule has 1 heteroatoms. The molecule has 10 aromatic rings. The lowest BCUT2D eigenvalue weighted by molar-refractivity contribution is 0.669. The lowest BCUT2D eigenvalue weighted by atomic mass is 9.85. The minimum atomic E-state index is 0.0440. The quantitative estimate of drug-likeness (QED) is 0.177. The molecule has 0 aliphatic rings. The topological polar surface area (TPSA) is 13.1 Å². The Morgan fingerprint density at radius 2 is 0.939 bits per heavy atom. The van der Waals surface area contributed by atoms with E-state index in [0.717, 1.165) is 71.3 Å². The molecule has 1 aromatic heterocycles. The first kappa shape index (κ1) is 24.7. The zero-order valence-electron chi connectivity index (χ0n) is 29.5. The molecule has 0 saturated carbocycles. The molecular formula is C48H30O. The van der Waals surface area contributed by atoms with Crippen molar-refractivity contribution < 1.29 is 8.53 Å². The van der Waals surface area contributed by atoms with Gasteiger partial charge in [0.05, 0.1) is 4.11 Å². The first-order valence-corrected chi connectivity index (χ1v) is 16.6. The molecule has 0 spiro atoms. The maximum absolute atomic E-state index is 9.69. The summed E-state index contributed by atoms with van der Waals surface area (Å²) >= 11 is 0. The predicted molar refractivity (Wildman–Crippen MR) is 208 cm³/mol. The number of hydrogen-bond acceptors (Lipinski definition) is 1. The second kappa shape index (κ2) is 11.1. The van der Waals surface area contributed by atoms with Crippen molar-refractivity contribution in [2.75, 3.05) is 0 Å². The average Bonchev–Trinajstić information content (AvgIpc) is 3.56. The van der Waals surface area contributed by atoms with Crippen molar-refractivity contribution in [2.24, 2.45) is 0 Å². The van der Waals surface area contributed by atoms with Crippen molar-refractivity contribution in [1.82, 2.24) is 0 Å². The van der Waals surface area contributed by atoms with Crippen molar-refractivity contribution in [3.05, 3.63) is 182 Å². The van der Waals surface area contributed by atoms with Crippen LogP contribution in [-0.4, -0.2) is 0 Å². The summed E-state index contributed by atoms with van der Waals surface area (Å²) in [5.41, 5.74) is 8.63. The normalized spacial score (nSPS) is 12.5. The summed E-state index contributed by atoms with van der Waals surface area (Å²) in [5, 5.41) is 8.43. The van der Waals surface area contributed by atoms with Crippen LogP contribution in [-0.2, 0) is 0 Å². The summed E-state index contributed by atoms with van der Waals surface area (Å²) in [6.45, 7) is 0. The Morgan fingerprint density at radius 1 is 0.347 bits per heavy atom. The molecule has 1 nitrogen and oxygen atoms in total. The minimum absolute atomic E-state index is 0.0440. The van der Waals surface area contributed by atoms with Gasteiger partial charge in [-0.2, -0.15) is 0 Å². The molecule has 228 valence electrons. The highest BCUT2D eigenvalue weighted by atomic mass is 16.3. The van der Waals surface area contributed by atoms with Crippen molar-refractivity contribution in [3.63, 3.8) is 0 Å². The molecule has 0 N–H and O–H groups in total. The van der Waals surface area contributed by atoms with Gasteiger partial charge in [0.25, 0.3) is 0 Å². The fourth-order valence-electron chi connectivity index (χ4n) is 7.47. The highest BCUT2D eigenvalue weighted by molar-refractivity contribution is 6.21. The number of rotatable bonds is 4. The molecule has 49 heavy (non-hydrogen) atoms. The SMILES string of the molecule is [2H]c1cc(-c2ccc3c(c2)oc2ccc(-c4ccc5ccccc5c4)cc23)c([2H])c(-c2c3ccccc3c(-c3ccccc3)c3ccccc23)c1[2H]. The minimum Gasteiger partial charge on any atom is -0.456 e. The second-order valence-corrected chi connectivity index (χ2v) is 12.6. The Labute approximate surface area is 288 Å². The molecule has 0 bridgehead atoms. The average molecular weight is 626 g/mol. The van der Waals surface area contributed by atoms with Crippen LogP contribution in [0, 0.1) is 0 Å². The molecule has 0 atom stereocenters. The van der Waals surface area contributed by atoms with Crippen LogP contribution in [0.15, 0.2) is 186 Å². The first-order valence-electron chi connectivity index (χ1n) is 18.1. The Morgan fingerprint density at radius 3 is 1.69 bits per heavy atom. The van der Waals surface area contributed by atoms with E-state index in [4.69, 9.17) is 5.79 Å².